The Morgan fingerprint density at radius 3 is 2.29 bits per heavy atom. The second kappa shape index (κ2) is 7.38. The van der Waals surface area contributed by atoms with Crippen LogP contribution in [0.4, 0.5) is 0 Å². The van der Waals surface area contributed by atoms with Gasteiger partial charge in [-0.3, -0.25) is 4.79 Å². The average molecular weight is 409 g/mol. The van der Waals surface area contributed by atoms with Gasteiger partial charge in [0, 0.05) is 37.4 Å². The minimum Gasteiger partial charge on any atom is -0.399 e. The lowest BCUT2D eigenvalue weighted by atomic mass is 9.81. The predicted molar refractivity (Wildman–Crippen MR) is 105 cm³/mol. The lowest BCUT2D eigenvalue weighted by Gasteiger charge is -2.34. The molecule has 1 atom stereocenters. The van der Waals surface area contributed by atoms with E-state index in [2.05, 4.69) is 9.97 Å². The highest BCUT2D eigenvalue weighted by Gasteiger charge is 2.52. The van der Waals surface area contributed by atoms with Gasteiger partial charge in [-0.05, 0) is 47.0 Å². The van der Waals surface area contributed by atoms with Crippen LogP contribution in [-0.2, 0) is 23.9 Å². The standard InChI is InChI=1S/C18H28BN3O5S/c1-13(23)22-9-7-6-8-15(22)12-28(24,25)16-20-10-14(11-21-16)19-26-17(2,3)18(4,5)27-19/h10-11,15H,6-9,12H2,1-5H3/t15-/m0/s1. The average Bonchev–Trinajstić information content (AvgIpc) is 2.83. The van der Waals surface area contributed by atoms with Gasteiger partial charge < -0.3 is 14.2 Å². The molecule has 1 aromatic heterocycles. The minimum atomic E-state index is -3.71. The molecule has 28 heavy (non-hydrogen) atoms. The Hall–Kier alpha value is -1.52. The van der Waals surface area contributed by atoms with E-state index in [-0.39, 0.29) is 22.9 Å². The zero-order valence-corrected chi connectivity index (χ0v) is 18.0. The van der Waals surface area contributed by atoms with Gasteiger partial charge in [0.05, 0.1) is 17.0 Å². The first-order valence-electron chi connectivity index (χ1n) is 9.60. The monoisotopic (exact) mass is 409 g/mol. The molecule has 0 N–H and O–H groups in total. The molecule has 0 unspecified atom stereocenters. The van der Waals surface area contributed by atoms with Crippen LogP contribution in [0, 0.1) is 0 Å². The summed E-state index contributed by atoms with van der Waals surface area (Å²) < 4.78 is 37.4. The van der Waals surface area contributed by atoms with Gasteiger partial charge in [0.25, 0.3) is 0 Å². The summed E-state index contributed by atoms with van der Waals surface area (Å²) in [5.41, 5.74) is -0.431. The Bertz CT molecular complexity index is 825. The van der Waals surface area contributed by atoms with Gasteiger partial charge in [-0.2, -0.15) is 0 Å². The topological polar surface area (TPSA) is 98.7 Å². The Kier molecular flexibility index (Phi) is 5.59. The zero-order chi connectivity index (χ0) is 20.7. The van der Waals surface area contributed by atoms with Gasteiger partial charge in [-0.25, -0.2) is 18.4 Å². The van der Waals surface area contributed by atoms with Gasteiger partial charge in [0.2, 0.25) is 20.9 Å². The van der Waals surface area contributed by atoms with E-state index in [1.165, 1.54) is 19.3 Å². The molecule has 3 heterocycles. The van der Waals surface area contributed by atoms with E-state index in [0.717, 1.165) is 12.8 Å². The number of aromatic nitrogens is 2. The molecule has 8 nitrogen and oxygen atoms in total. The number of hydrogen-bond acceptors (Lipinski definition) is 7. The summed E-state index contributed by atoms with van der Waals surface area (Å²) in [7, 11) is -4.36. The summed E-state index contributed by atoms with van der Waals surface area (Å²) >= 11 is 0. The van der Waals surface area contributed by atoms with E-state index in [1.54, 1.807) is 4.90 Å². The summed E-state index contributed by atoms with van der Waals surface area (Å²) in [6.07, 6.45) is 5.35. The predicted octanol–water partition coefficient (Wildman–Crippen LogP) is 0.951. The van der Waals surface area contributed by atoms with Crippen molar-refractivity contribution in [3.8, 4) is 0 Å². The van der Waals surface area contributed by atoms with Crippen LogP contribution >= 0.6 is 0 Å². The van der Waals surface area contributed by atoms with E-state index >= 15 is 0 Å². The smallest absolute Gasteiger partial charge is 0.399 e. The number of hydrogen-bond donors (Lipinski definition) is 0. The van der Waals surface area contributed by atoms with Crippen LogP contribution in [0.25, 0.3) is 0 Å². The normalized spacial score (nSPS) is 24.4. The van der Waals surface area contributed by atoms with E-state index in [9.17, 15) is 13.2 Å². The maximum Gasteiger partial charge on any atom is 0.498 e. The summed E-state index contributed by atoms with van der Waals surface area (Å²) in [6.45, 7) is 9.84. The molecule has 0 aliphatic carbocycles. The van der Waals surface area contributed by atoms with Gasteiger partial charge >= 0.3 is 7.12 Å². The van der Waals surface area contributed by atoms with Gasteiger partial charge in [-0.15, -0.1) is 0 Å². The molecular formula is C18H28BN3O5S. The second-order valence-electron chi connectivity index (χ2n) is 8.53. The number of carbonyl (C=O) groups excluding carboxylic acids is 1. The van der Waals surface area contributed by atoms with Crippen molar-refractivity contribution in [2.75, 3.05) is 12.3 Å². The van der Waals surface area contributed by atoms with Crippen molar-refractivity contribution in [1.82, 2.24) is 14.9 Å². The number of likely N-dealkylation sites (tertiary alicyclic amines) is 1. The lowest BCUT2D eigenvalue weighted by Crippen LogP contribution is -2.46. The molecule has 2 aliphatic rings. The highest BCUT2D eigenvalue weighted by molar-refractivity contribution is 7.91. The van der Waals surface area contributed by atoms with Crippen molar-refractivity contribution in [3.05, 3.63) is 12.4 Å². The molecule has 10 heteroatoms. The van der Waals surface area contributed by atoms with Crippen molar-refractivity contribution in [2.24, 2.45) is 0 Å². The molecule has 2 saturated heterocycles. The fourth-order valence-corrected chi connectivity index (χ4v) is 4.93. The fraction of sp³-hybridized carbons (Fsp3) is 0.722. The van der Waals surface area contributed by atoms with Crippen LogP contribution < -0.4 is 5.46 Å². The van der Waals surface area contributed by atoms with Crippen LogP contribution in [0.15, 0.2) is 17.6 Å². The Labute approximate surface area is 167 Å². The van der Waals surface area contributed by atoms with Crippen molar-refractivity contribution < 1.29 is 22.5 Å². The highest BCUT2D eigenvalue weighted by atomic mass is 32.2. The highest BCUT2D eigenvalue weighted by Crippen LogP contribution is 2.36. The Morgan fingerprint density at radius 1 is 1.18 bits per heavy atom. The number of sulfone groups is 1. The number of carbonyl (C=O) groups is 1. The molecule has 3 rings (SSSR count). The summed E-state index contributed by atoms with van der Waals surface area (Å²) in [5.74, 6) is -0.264. The van der Waals surface area contributed by atoms with Crippen LogP contribution in [0.5, 0.6) is 0 Å². The third-order valence-corrected chi connectivity index (χ3v) is 7.49. The summed E-state index contributed by atoms with van der Waals surface area (Å²) in [4.78, 5) is 21.6. The first kappa shape index (κ1) is 21.2. The first-order chi connectivity index (χ1) is 12.9. The molecule has 2 aliphatic heterocycles. The number of amides is 1. The van der Waals surface area contributed by atoms with E-state index in [0.29, 0.717) is 18.4 Å². The SMILES string of the molecule is CC(=O)N1CCCC[C@H]1CS(=O)(=O)c1ncc(B2OC(C)(C)C(C)(C)O2)cn1. The largest absolute Gasteiger partial charge is 0.498 e. The fourth-order valence-electron chi connectivity index (χ4n) is 3.50. The minimum absolute atomic E-state index is 0.100. The van der Waals surface area contributed by atoms with Crippen LogP contribution in [-0.4, -0.2) is 65.9 Å². The lowest BCUT2D eigenvalue weighted by molar-refractivity contribution is -0.131. The van der Waals surface area contributed by atoms with Gasteiger partial charge in [0.1, 0.15) is 0 Å². The molecule has 2 fully saturated rings. The number of rotatable bonds is 4. The zero-order valence-electron chi connectivity index (χ0n) is 17.1. The third-order valence-electron chi connectivity index (χ3n) is 5.90. The van der Waals surface area contributed by atoms with E-state index in [1.807, 2.05) is 27.7 Å². The van der Waals surface area contributed by atoms with Gasteiger partial charge in [0.15, 0.2) is 0 Å². The summed E-state index contributed by atoms with van der Waals surface area (Å²) in [6, 6.07) is -0.331. The quantitative estimate of drug-likeness (QED) is 0.539. The van der Waals surface area contributed by atoms with Crippen molar-refractivity contribution >= 4 is 28.3 Å². The number of piperidine rings is 1. The number of nitrogens with zero attached hydrogens (tertiary/aromatic N) is 3. The van der Waals surface area contributed by atoms with Crippen LogP contribution in [0.2, 0.25) is 0 Å². The molecule has 1 aromatic rings. The Balaban J connectivity index is 1.75. The first-order valence-corrected chi connectivity index (χ1v) is 11.3. The van der Waals surface area contributed by atoms with Crippen molar-refractivity contribution in [1.29, 1.82) is 0 Å². The molecule has 0 spiro atoms. The van der Waals surface area contributed by atoms with E-state index < -0.39 is 28.2 Å². The van der Waals surface area contributed by atoms with Crippen molar-refractivity contribution in [2.45, 2.75) is 76.3 Å². The second-order valence-corrected chi connectivity index (χ2v) is 10.5. The third kappa shape index (κ3) is 4.09. The molecule has 0 radical (unpaired) electrons. The molecule has 0 saturated carbocycles. The molecule has 0 bridgehead atoms. The Morgan fingerprint density at radius 2 is 1.75 bits per heavy atom. The maximum atomic E-state index is 12.8. The van der Waals surface area contributed by atoms with Crippen LogP contribution in [0.1, 0.15) is 53.9 Å². The molecular weight excluding hydrogens is 381 g/mol. The molecule has 0 aromatic carbocycles. The summed E-state index contributed by atoms with van der Waals surface area (Å²) in [5, 5.41) is -0.234. The van der Waals surface area contributed by atoms with Gasteiger partial charge in [-0.1, -0.05) is 0 Å². The van der Waals surface area contributed by atoms with Crippen molar-refractivity contribution in [3.63, 3.8) is 0 Å². The maximum absolute atomic E-state index is 12.8. The molecule has 1 amide bonds. The molecule has 154 valence electrons. The van der Waals surface area contributed by atoms with Crippen LogP contribution in [0.3, 0.4) is 0 Å². The van der Waals surface area contributed by atoms with E-state index in [4.69, 9.17) is 9.31 Å².